The maximum Gasteiger partial charge on any atom is 0.0636 e. The molecule has 1 fully saturated rings. The van der Waals surface area contributed by atoms with E-state index in [9.17, 15) is 0 Å². The van der Waals surface area contributed by atoms with Gasteiger partial charge in [-0.25, -0.2) is 0 Å². The van der Waals surface area contributed by atoms with Crippen LogP contribution in [0.5, 0.6) is 0 Å². The number of pyridine rings is 1. The summed E-state index contributed by atoms with van der Waals surface area (Å²) in [7, 11) is 0. The van der Waals surface area contributed by atoms with Gasteiger partial charge in [0, 0.05) is 25.0 Å². The number of hydrogen-bond donors (Lipinski definition) is 1. The topological polar surface area (TPSA) is 24.9 Å². The summed E-state index contributed by atoms with van der Waals surface area (Å²) in [6, 6.07) is 0.382. The molecule has 1 atom stereocenters. The first kappa shape index (κ1) is 15.6. The van der Waals surface area contributed by atoms with Gasteiger partial charge in [-0.1, -0.05) is 35.4 Å². The zero-order valence-corrected chi connectivity index (χ0v) is 13.1. The Balaban J connectivity index is 2.09. The van der Waals surface area contributed by atoms with E-state index in [1.54, 1.807) is 12.4 Å². The molecule has 1 N–H and O–H groups in total. The molecule has 0 aromatic carbocycles. The minimum atomic E-state index is 0.236. The number of nitrogens with zero attached hydrogens (tertiary/aromatic N) is 1. The predicted octanol–water partition coefficient (Wildman–Crippen LogP) is 4.43. The normalized spacial score (nSPS) is 20.8. The van der Waals surface area contributed by atoms with Crippen molar-refractivity contribution < 1.29 is 0 Å². The van der Waals surface area contributed by atoms with Crippen molar-refractivity contribution in [2.45, 2.75) is 31.7 Å². The maximum absolute atomic E-state index is 6.19. The second-order valence-corrected chi connectivity index (χ2v) is 6.37. The molecule has 1 aromatic rings. The average molecular weight is 311 g/mol. The van der Waals surface area contributed by atoms with Crippen LogP contribution in [-0.4, -0.2) is 17.6 Å². The largest absolute Gasteiger partial charge is 0.313 e. The molecule has 4 heteroatoms. The van der Waals surface area contributed by atoms with E-state index in [-0.39, 0.29) is 5.41 Å². The van der Waals surface area contributed by atoms with Gasteiger partial charge in [0.05, 0.1) is 10.0 Å². The highest BCUT2D eigenvalue weighted by atomic mass is 35.5. The molecule has 0 saturated carbocycles. The Morgan fingerprint density at radius 2 is 1.85 bits per heavy atom. The summed E-state index contributed by atoms with van der Waals surface area (Å²) in [4.78, 5) is 4.00. The summed E-state index contributed by atoms with van der Waals surface area (Å²) < 4.78 is 0. The first-order valence-electron chi connectivity index (χ1n) is 6.83. The van der Waals surface area contributed by atoms with Crippen LogP contribution >= 0.6 is 23.2 Å². The van der Waals surface area contributed by atoms with Crippen LogP contribution in [0.3, 0.4) is 0 Å². The summed E-state index contributed by atoms with van der Waals surface area (Å²) in [5.74, 6) is 0. The van der Waals surface area contributed by atoms with Crippen molar-refractivity contribution in [3.63, 3.8) is 0 Å². The lowest BCUT2D eigenvalue weighted by molar-refractivity contribution is 0.324. The van der Waals surface area contributed by atoms with Crippen molar-refractivity contribution >= 4 is 23.2 Å². The Bertz CT molecular complexity index is 469. The van der Waals surface area contributed by atoms with Crippen molar-refractivity contribution in [2.24, 2.45) is 5.41 Å². The van der Waals surface area contributed by atoms with Crippen LogP contribution in [0.1, 0.15) is 24.8 Å². The third-order valence-corrected chi connectivity index (χ3v) is 4.65. The van der Waals surface area contributed by atoms with Crippen molar-refractivity contribution in [2.75, 3.05) is 6.54 Å². The van der Waals surface area contributed by atoms with Gasteiger partial charge < -0.3 is 5.32 Å². The standard InChI is InChI=1S/C16H20Cl2N2/c1-3-5-16(6-4-2)8-12(20-11-16)7-13-14(17)9-19-10-15(13)18/h3-4,9-10,12,20H,1-2,5-8,11H2/t12-/m1/s1. The summed E-state index contributed by atoms with van der Waals surface area (Å²) >= 11 is 12.4. The highest BCUT2D eigenvalue weighted by Crippen LogP contribution is 2.38. The van der Waals surface area contributed by atoms with E-state index in [4.69, 9.17) is 23.2 Å². The summed E-state index contributed by atoms with van der Waals surface area (Å²) in [6.45, 7) is 8.73. The Hall–Kier alpha value is -0.830. The lowest BCUT2D eigenvalue weighted by atomic mass is 9.78. The Morgan fingerprint density at radius 3 is 2.40 bits per heavy atom. The van der Waals surface area contributed by atoms with Crippen molar-refractivity contribution in [3.8, 4) is 0 Å². The molecule has 1 aliphatic rings. The van der Waals surface area contributed by atoms with Crippen LogP contribution in [0.25, 0.3) is 0 Å². The molecule has 0 radical (unpaired) electrons. The molecule has 20 heavy (non-hydrogen) atoms. The van der Waals surface area contributed by atoms with Crippen LogP contribution in [0.4, 0.5) is 0 Å². The van der Waals surface area contributed by atoms with E-state index in [1.165, 1.54) is 0 Å². The number of nitrogens with one attached hydrogen (secondary N) is 1. The minimum absolute atomic E-state index is 0.236. The van der Waals surface area contributed by atoms with Gasteiger partial charge in [-0.15, -0.1) is 13.2 Å². The van der Waals surface area contributed by atoms with E-state index >= 15 is 0 Å². The van der Waals surface area contributed by atoms with Crippen LogP contribution < -0.4 is 5.32 Å². The summed E-state index contributed by atoms with van der Waals surface area (Å²) in [5, 5.41) is 4.87. The SMILES string of the molecule is C=CCC1(CC=C)CN[C@H](Cc2c(Cl)cncc2Cl)C1. The third-order valence-electron chi connectivity index (χ3n) is 4.00. The van der Waals surface area contributed by atoms with E-state index in [2.05, 4.69) is 23.5 Å². The van der Waals surface area contributed by atoms with Crippen molar-refractivity contribution in [3.05, 3.63) is 53.3 Å². The molecular weight excluding hydrogens is 291 g/mol. The van der Waals surface area contributed by atoms with Gasteiger partial charge in [0.1, 0.15) is 0 Å². The zero-order valence-electron chi connectivity index (χ0n) is 11.5. The Labute approximate surface area is 130 Å². The molecule has 0 bridgehead atoms. The first-order valence-corrected chi connectivity index (χ1v) is 7.59. The Morgan fingerprint density at radius 1 is 1.25 bits per heavy atom. The van der Waals surface area contributed by atoms with Gasteiger partial charge in [-0.05, 0) is 36.7 Å². The van der Waals surface area contributed by atoms with Crippen LogP contribution in [-0.2, 0) is 6.42 Å². The van der Waals surface area contributed by atoms with Crippen LogP contribution in [0.2, 0.25) is 10.0 Å². The quantitative estimate of drug-likeness (QED) is 0.786. The fourth-order valence-corrected chi connectivity index (χ4v) is 3.58. The fraction of sp³-hybridized carbons (Fsp3) is 0.438. The fourth-order valence-electron chi connectivity index (χ4n) is 3.06. The number of hydrogen-bond acceptors (Lipinski definition) is 2. The van der Waals surface area contributed by atoms with Crippen molar-refractivity contribution in [1.29, 1.82) is 0 Å². The predicted molar refractivity (Wildman–Crippen MR) is 86.4 cm³/mol. The molecule has 2 rings (SSSR count). The van der Waals surface area contributed by atoms with Gasteiger partial charge in [0.2, 0.25) is 0 Å². The molecule has 0 spiro atoms. The van der Waals surface area contributed by atoms with E-state index in [0.29, 0.717) is 16.1 Å². The van der Waals surface area contributed by atoms with Crippen molar-refractivity contribution in [1.82, 2.24) is 10.3 Å². The maximum atomic E-state index is 6.19. The van der Waals surface area contributed by atoms with Gasteiger partial charge in [0.25, 0.3) is 0 Å². The third kappa shape index (κ3) is 3.43. The second-order valence-electron chi connectivity index (χ2n) is 5.55. The van der Waals surface area contributed by atoms with Gasteiger partial charge in [-0.3, -0.25) is 4.98 Å². The highest BCUT2D eigenvalue weighted by Gasteiger charge is 2.37. The monoisotopic (exact) mass is 310 g/mol. The van der Waals surface area contributed by atoms with E-state index < -0.39 is 0 Å². The van der Waals surface area contributed by atoms with Crippen LogP contribution in [0, 0.1) is 5.41 Å². The van der Waals surface area contributed by atoms with Gasteiger partial charge in [-0.2, -0.15) is 0 Å². The Kier molecular flexibility index (Phi) is 5.25. The molecule has 2 nitrogen and oxygen atoms in total. The number of aromatic nitrogens is 1. The number of halogens is 2. The zero-order chi connectivity index (χ0) is 14.6. The second kappa shape index (κ2) is 6.75. The molecule has 1 aromatic heterocycles. The lowest BCUT2D eigenvalue weighted by Gasteiger charge is -2.25. The average Bonchev–Trinajstić information content (AvgIpc) is 2.78. The van der Waals surface area contributed by atoms with Gasteiger partial charge in [0.15, 0.2) is 0 Å². The lowest BCUT2D eigenvalue weighted by Crippen LogP contribution is -2.24. The molecule has 1 aliphatic heterocycles. The molecule has 0 unspecified atom stereocenters. The molecular formula is C16H20Cl2N2. The molecule has 0 amide bonds. The first-order chi connectivity index (χ1) is 9.60. The smallest absolute Gasteiger partial charge is 0.0636 e. The van der Waals surface area contributed by atoms with E-state index in [1.807, 2.05) is 12.2 Å². The molecule has 0 aliphatic carbocycles. The highest BCUT2D eigenvalue weighted by molar-refractivity contribution is 6.35. The van der Waals surface area contributed by atoms with E-state index in [0.717, 1.165) is 37.8 Å². The summed E-state index contributed by atoms with van der Waals surface area (Å²) in [6.07, 6.45) is 11.2. The number of rotatable bonds is 6. The molecule has 108 valence electrons. The molecule has 1 saturated heterocycles. The van der Waals surface area contributed by atoms with Crippen LogP contribution in [0.15, 0.2) is 37.7 Å². The number of allylic oxidation sites excluding steroid dienone is 2. The minimum Gasteiger partial charge on any atom is -0.313 e. The van der Waals surface area contributed by atoms with Gasteiger partial charge >= 0.3 is 0 Å². The molecule has 2 heterocycles. The summed E-state index contributed by atoms with van der Waals surface area (Å²) in [5.41, 5.74) is 1.22.